The van der Waals surface area contributed by atoms with Crippen molar-refractivity contribution in [2.45, 2.75) is 19.3 Å². The molecule has 0 aliphatic heterocycles. The zero-order valence-electron chi connectivity index (χ0n) is 29.3. The molecule has 0 amide bonds. The van der Waals surface area contributed by atoms with E-state index in [1.54, 1.807) is 0 Å². The van der Waals surface area contributed by atoms with Gasteiger partial charge in [-0.15, -0.1) is 0 Å². The Balaban J connectivity index is 1.07. The topological polar surface area (TPSA) is 3.24 Å². The van der Waals surface area contributed by atoms with E-state index in [2.05, 4.69) is 207 Å². The van der Waals surface area contributed by atoms with Crippen molar-refractivity contribution >= 4 is 49.4 Å². The van der Waals surface area contributed by atoms with Crippen molar-refractivity contribution in [3.63, 3.8) is 0 Å². The van der Waals surface area contributed by atoms with Crippen LogP contribution in [0.15, 0.2) is 188 Å². The third-order valence-corrected chi connectivity index (χ3v) is 11.2. The van der Waals surface area contributed by atoms with Gasteiger partial charge in [-0.2, -0.15) is 0 Å². The molecule has 0 spiro atoms. The third-order valence-electron chi connectivity index (χ3n) is 11.2. The van der Waals surface area contributed by atoms with E-state index in [0.29, 0.717) is 0 Å². The molecule has 1 heteroatoms. The van der Waals surface area contributed by atoms with Gasteiger partial charge in [0, 0.05) is 22.5 Å². The Hall–Kier alpha value is -6.44. The number of rotatable bonds is 5. The molecule has 1 nitrogen and oxygen atoms in total. The number of benzene rings is 9. The monoisotopic (exact) mass is 663 g/mol. The van der Waals surface area contributed by atoms with E-state index in [-0.39, 0.29) is 5.41 Å². The fourth-order valence-electron chi connectivity index (χ4n) is 8.55. The highest BCUT2D eigenvalue weighted by Gasteiger charge is 2.35. The van der Waals surface area contributed by atoms with E-state index in [4.69, 9.17) is 0 Å². The predicted octanol–water partition coefficient (Wildman–Crippen LogP) is 14.3. The average Bonchev–Trinajstić information content (AvgIpc) is 3.43. The van der Waals surface area contributed by atoms with Crippen molar-refractivity contribution in [3.8, 4) is 33.4 Å². The van der Waals surface area contributed by atoms with Gasteiger partial charge in [-0.25, -0.2) is 0 Å². The smallest absolute Gasteiger partial charge is 0.0468 e. The molecule has 0 heterocycles. The lowest BCUT2D eigenvalue weighted by atomic mass is 9.82. The van der Waals surface area contributed by atoms with Crippen LogP contribution in [0.5, 0.6) is 0 Å². The molecule has 0 unspecified atom stereocenters. The molecule has 9 aromatic carbocycles. The summed E-state index contributed by atoms with van der Waals surface area (Å²) in [6, 6.07) is 69.1. The molecule has 0 saturated heterocycles. The standard InChI is InChI=1S/C51H37N/c1-51(2)48-15-9-8-14-46(48)47-33-43(29-31-49(47)51)52(41-25-20-35(21-26-41)34-10-4-3-5-11-34)42-27-22-36(23-28-42)39-24-30-45-40(32-39)19-18-38-17-16-37-12-6-7-13-44(37)50(38)45/h3-33H,1-2H3. The fraction of sp³-hybridized carbons (Fsp3) is 0.0588. The Kier molecular flexibility index (Phi) is 6.91. The molecule has 0 saturated carbocycles. The SMILES string of the molecule is CC1(C)c2ccccc2-c2cc(N(c3ccc(-c4ccccc4)cc3)c3ccc(-c4ccc5c(ccc6ccc7ccccc7c65)c4)cc3)ccc21. The molecule has 0 atom stereocenters. The first-order chi connectivity index (χ1) is 25.5. The molecule has 0 radical (unpaired) electrons. The van der Waals surface area contributed by atoms with Gasteiger partial charge < -0.3 is 4.90 Å². The van der Waals surface area contributed by atoms with Gasteiger partial charge in [0.15, 0.2) is 0 Å². The van der Waals surface area contributed by atoms with Crippen molar-refractivity contribution in [2.75, 3.05) is 4.90 Å². The van der Waals surface area contributed by atoms with Crippen molar-refractivity contribution < 1.29 is 0 Å². The van der Waals surface area contributed by atoms with Gasteiger partial charge in [-0.1, -0.05) is 159 Å². The fourth-order valence-corrected chi connectivity index (χ4v) is 8.55. The molecule has 246 valence electrons. The summed E-state index contributed by atoms with van der Waals surface area (Å²) in [7, 11) is 0. The Morgan fingerprint density at radius 2 is 0.885 bits per heavy atom. The van der Waals surface area contributed by atoms with Crippen LogP contribution >= 0.6 is 0 Å². The Labute approximate surface area is 305 Å². The van der Waals surface area contributed by atoms with Gasteiger partial charge in [0.2, 0.25) is 0 Å². The quantitative estimate of drug-likeness (QED) is 0.166. The summed E-state index contributed by atoms with van der Waals surface area (Å²) in [5, 5.41) is 7.73. The summed E-state index contributed by atoms with van der Waals surface area (Å²) >= 11 is 0. The van der Waals surface area contributed by atoms with Gasteiger partial charge >= 0.3 is 0 Å². The summed E-state index contributed by atoms with van der Waals surface area (Å²) in [4.78, 5) is 2.39. The minimum absolute atomic E-state index is 0.0342. The maximum atomic E-state index is 2.39. The van der Waals surface area contributed by atoms with Crippen LogP contribution in [0.25, 0.3) is 65.7 Å². The molecule has 1 aliphatic rings. The third kappa shape index (κ3) is 4.85. The van der Waals surface area contributed by atoms with Crippen molar-refractivity contribution in [1.82, 2.24) is 0 Å². The van der Waals surface area contributed by atoms with Crippen LogP contribution in [0.4, 0.5) is 17.1 Å². The lowest BCUT2D eigenvalue weighted by Gasteiger charge is -2.27. The molecular formula is C51H37N. The predicted molar refractivity (Wildman–Crippen MR) is 222 cm³/mol. The minimum atomic E-state index is -0.0342. The van der Waals surface area contributed by atoms with Crippen LogP contribution in [0.1, 0.15) is 25.0 Å². The molecule has 52 heavy (non-hydrogen) atoms. The zero-order valence-corrected chi connectivity index (χ0v) is 29.3. The summed E-state index contributed by atoms with van der Waals surface area (Å²) in [6.45, 7) is 4.68. The molecule has 0 N–H and O–H groups in total. The van der Waals surface area contributed by atoms with E-state index >= 15 is 0 Å². The highest BCUT2D eigenvalue weighted by Crippen LogP contribution is 2.50. The normalized spacial score (nSPS) is 13.0. The van der Waals surface area contributed by atoms with Crippen molar-refractivity contribution in [3.05, 3.63) is 199 Å². The van der Waals surface area contributed by atoms with E-state index in [9.17, 15) is 0 Å². The van der Waals surface area contributed by atoms with Crippen LogP contribution < -0.4 is 4.90 Å². The Bertz CT molecular complexity index is 2790. The minimum Gasteiger partial charge on any atom is -0.310 e. The lowest BCUT2D eigenvalue weighted by Crippen LogP contribution is -2.15. The second-order valence-corrected chi connectivity index (χ2v) is 14.6. The first-order valence-electron chi connectivity index (χ1n) is 18.2. The van der Waals surface area contributed by atoms with E-state index in [1.165, 1.54) is 76.8 Å². The second kappa shape index (κ2) is 11.8. The number of fused-ring (bicyclic) bond motifs is 8. The zero-order chi connectivity index (χ0) is 34.8. The molecule has 0 aromatic heterocycles. The van der Waals surface area contributed by atoms with Crippen LogP contribution in [0.2, 0.25) is 0 Å². The molecule has 0 bridgehead atoms. The van der Waals surface area contributed by atoms with Crippen LogP contribution in [-0.2, 0) is 5.41 Å². The van der Waals surface area contributed by atoms with E-state index in [0.717, 1.165) is 17.1 Å². The molecule has 1 aliphatic carbocycles. The molecular weight excluding hydrogens is 627 g/mol. The molecule has 9 aromatic rings. The van der Waals surface area contributed by atoms with Gasteiger partial charge in [0.25, 0.3) is 0 Å². The largest absolute Gasteiger partial charge is 0.310 e. The summed E-state index contributed by atoms with van der Waals surface area (Å²) < 4.78 is 0. The highest BCUT2D eigenvalue weighted by atomic mass is 15.1. The van der Waals surface area contributed by atoms with E-state index < -0.39 is 0 Å². The maximum Gasteiger partial charge on any atom is 0.0468 e. The summed E-state index contributed by atoms with van der Waals surface area (Å²) in [6.07, 6.45) is 0. The maximum absolute atomic E-state index is 2.39. The lowest BCUT2D eigenvalue weighted by molar-refractivity contribution is 0.660. The van der Waals surface area contributed by atoms with Crippen LogP contribution in [0.3, 0.4) is 0 Å². The molecule has 10 rings (SSSR count). The average molecular weight is 664 g/mol. The number of hydrogen-bond acceptors (Lipinski definition) is 1. The Morgan fingerprint density at radius 3 is 1.65 bits per heavy atom. The van der Waals surface area contributed by atoms with Gasteiger partial charge in [-0.3, -0.25) is 0 Å². The summed E-state index contributed by atoms with van der Waals surface area (Å²) in [5.74, 6) is 0. The first-order valence-corrected chi connectivity index (χ1v) is 18.2. The number of anilines is 3. The van der Waals surface area contributed by atoms with Gasteiger partial charge in [0.1, 0.15) is 0 Å². The van der Waals surface area contributed by atoms with Gasteiger partial charge in [-0.05, 0) is 119 Å². The van der Waals surface area contributed by atoms with Crippen LogP contribution in [0, 0.1) is 0 Å². The number of nitrogens with zero attached hydrogens (tertiary/aromatic N) is 1. The Morgan fingerprint density at radius 1 is 0.346 bits per heavy atom. The van der Waals surface area contributed by atoms with Gasteiger partial charge in [0.05, 0.1) is 0 Å². The first kappa shape index (κ1) is 30.4. The van der Waals surface area contributed by atoms with Crippen molar-refractivity contribution in [1.29, 1.82) is 0 Å². The summed E-state index contributed by atoms with van der Waals surface area (Å²) in [5.41, 5.74) is 13.6. The number of hydrogen-bond donors (Lipinski definition) is 0. The van der Waals surface area contributed by atoms with E-state index in [1.807, 2.05) is 0 Å². The van der Waals surface area contributed by atoms with Crippen LogP contribution in [-0.4, -0.2) is 0 Å². The molecule has 0 fully saturated rings. The highest BCUT2D eigenvalue weighted by molar-refractivity contribution is 6.20. The van der Waals surface area contributed by atoms with Crippen molar-refractivity contribution in [2.24, 2.45) is 0 Å². The second-order valence-electron chi connectivity index (χ2n) is 14.6.